The van der Waals surface area contributed by atoms with Gasteiger partial charge in [0.25, 0.3) is 0 Å². The number of carbonyl (C=O) groups excluding carboxylic acids is 1. The lowest BCUT2D eigenvalue weighted by Gasteiger charge is -2.19. The number of halogens is 4. The number of benzene rings is 3. The third-order valence-corrected chi connectivity index (χ3v) is 9.89. The van der Waals surface area contributed by atoms with Crippen LogP contribution in [0.15, 0.2) is 71.6 Å². The zero-order chi connectivity index (χ0) is 32.4. The average Bonchev–Trinajstić information content (AvgIpc) is 3.47. The van der Waals surface area contributed by atoms with Gasteiger partial charge in [0.1, 0.15) is 11.1 Å². The van der Waals surface area contributed by atoms with Crippen LogP contribution < -0.4 is 9.44 Å². The average molecular weight is 673 g/mol. The SMILES string of the molecule is Cc1cc(C[C@H](NS(=O)(=O)c2cccc(Cl)c2)c2nc3ccccc3[nH]2)ccc1[C@@H]1CC(=O)NS1(=O)=O.O=C(O)C(F)(F)F. The Morgan fingerprint density at radius 1 is 1.14 bits per heavy atom. The van der Waals surface area contributed by atoms with Crippen molar-refractivity contribution in [2.24, 2.45) is 0 Å². The molecule has 1 fully saturated rings. The number of aryl methyl sites for hydroxylation is 1. The highest BCUT2D eigenvalue weighted by Gasteiger charge is 2.39. The maximum atomic E-state index is 13.3. The van der Waals surface area contributed by atoms with Gasteiger partial charge in [-0.3, -0.25) is 9.52 Å². The molecule has 5 rings (SSSR count). The Kier molecular flexibility index (Phi) is 9.39. The third-order valence-electron chi connectivity index (χ3n) is 6.51. The Balaban J connectivity index is 0.000000566. The molecule has 4 aromatic rings. The van der Waals surface area contributed by atoms with Crippen LogP contribution in [0.25, 0.3) is 11.0 Å². The molecule has 1 saturated heterocycles. The molecule has 1 aromatic heterocycles. The maximum Gasteiger partial charge on any atom is 0.490 e. The molecule has 44 heavy (non-hydrogen) atoms. The number of aliphatic carboxylic acids is 1. The van der Waals surface area contributed by atoms with Gasteiger partial charge in [-0.25, -0.2) is 31.3 Å². The minimum atomic E-state index is -5.08. The van der Waals surface area contributed by atoms with Gasteiger partial charge in [-0.05, 0) is 60.4 Å². The van der Waals surface area contributed by atoms with Gasteiger partial charge in [0.05, 0.1) is 28.4 Å². The lowest BCUT2D eigenvalue weighted by molar-refractivity contribution is -0.192. The van der Waals surface area contributed by atoms with Crippen LogP contribution in [0, 0.1) is 6.92 Å². The van der Waals surface area contributed by atoms with Crippen molar-refractivity contribution in [2.45, 2.75) is 42.1 Å². The van der Waals surface area contributed by atoms with E-state index in [1.54, 1.807) is 37.3 Å². The number of amides is 1. The van der Waals surface area contributed by atoms with Crippen molar-refractivity contribution in [1.82, 2.24) is 19.4 Å². The van der Waals surface area contributed by atoms with Gasteiger partial charge in [0.15, 0.2) is 0 Å². The highest BCUT2D eigenvalue weighted by Crippen LogP contribution is 2.33. The van der Waals surface area contributed by atoms with Crippen molar-refractivity contribution in [1.29, 1.82) is 0 Å². The fourth-order valence-corrected chi connectivity index (χ4v) is 7.52. The topological polar surface area (TPSA) is 175 Å². The van der Waals surface area contributed by atoms with Crippen molar-refractivity contribution in [3.05, 3.63) is 94.3 Å². The number of carboxylic acid groups (broad SMARTS) is 1. The van der Waals surface area contributed by atoms with Gasteiger partial charge in [0.2, 0.25) is 26.0 Å². The van der Waals surface area contributed by atoms with E-state index in [4.69, 9.17) is 21.5 Å². The lowest BCUT2D eigenvalue weighted by atomic mass is 9.97. The molecule has 0 aliphatic carbocycles. The minimum absolute atomic E-state index is 0.0243. The molecular formula is C27H24ClF3N4O7S2. The first-order valence-corrected chi connectivity index (χ1v) is 16.0. The number of carboxylic acids is 1. The summed E-state index contributed by atoms with van der Waals surface area (Å²) in [4.78, 5) is 28.4. The number of fused-ring (bicyclic) bond motifs is 1. The molecule has 0 saturated carbocycles. The molecule has 0 unspecified atom stereocenters. The fraction of sp³-hybridized carbons (Fsp3) is 0.222. The molecule has 1 aliphatic heterocycles. The first-order chi connectivity index (χ1) is 20.5. The molecule has 0 radical (unpaired) electrons. The zero-order valence-corrected chi connectivity index (χ0v) is 25.0. The molecule has 11 nitrogen and oxygen atoms in total. The van der Waals surface area contributed by atoms with Gasteiger partial charge in [-0.2, -0.15) is 13.2 Å². The molecular weight excluding hydrogens is 649 g/mol. The van der Waals surface area contributed by atoms with Crippen molar-refractivity contribution >= 4 is 54.6 Å². The van der Waals surface area contributed by atoms with E-state index < -0.39 is 49.4 Å². The van der Waals surface area contributed by atoms with E-state index in [1.165, 1.54) is 12.1 Å². The molecule has 0 spiro atoms. The van der Waals surface area contributed by atoms with Crippen molar-refractivity contribution in [3.63, 3.8) is 0 Å². The molecule has 4 N–H and O–H groups in total. The van der Waals surface area contributed by atoms with Crippen LogP contribution in [-0.2, 0) is 36.1 Å². The number of para-hydroxylation sites is 2. The van der Waals surface area contributed by atoms with Crippen LogP contribution in [-0.4, -0.2) is 50.0 Å². The summed E-state index contributed by atoms with van der Waals surface area (Å²) in [7, 11) is -7.74. The molecule has 17 heteroatoms. The van der Waals surface area contributed by atoms with E-state index in [2.05, 4.69) is 14.7 Å². The number of nitrogens with one attached hydrogen (secondary N) is 3. The molecule has 3 aromatic carbocycles. The third kappa shape index (κ3) is 7.74. The number of nitrogens with zero attached hydrogens (tertiary/aromatic N) is 1. The van der Waals surface area contributed by atoms with Gasteiger partial charge in [0, 0.05) is 5.02 Å². The normalized spacial score (nSPS) is 17.0. The summed E-state index contributed by atoms with van der Waals surface area (Å²) in [5.74, 6) is -2.86. The van der Waals surface area contributed by atoms with Crippen LogP contribution in [0.1, 0.15) is 40.2 Å². The quantitative estimate of drug-likeness (QED) is 0.225. The summed E-state index contributed by atoms with van der Waals surface area (Å²) in [6.45, 7) is 1.77. The number of imidazole rings is 1. The Morgan fingerprint density at radius 2 is 1.82 bits per heavy atom. The summed E-state index contributed by atoms with van der Waals surface area (Å²) in [6.07, 6.45) is -4.99. The van der Waals surface area contributed by atoms with Crippen LogP contribution in [0.4, 0.5) is 13.2 Å². The first-order valence-electron chi connectivity index (χ1n) is 12.6. The smallest absolute Gasteiger partial charge is 0.475 e. The number of carbonyl (C=O) groups is 2. The number of aromatic nitrogens is 2. The second-order valence-electron chi connectivity index (χ2n) is 9.73. The molecule has 1 aliphatic rings. The van der Waals surface area contributed by atoms with Crippen LogP contribution in [0.3, 0.4) is 0 Å². The summed E-state index contributed by atoms with van der Waals surface area (Å²) in [5, 5.41) is 6.46. The van der Waals surface area contributed by atoms with Gasteiger partial charge < -0.3 is 10.1 Å². The molecule has 1 amide bonds. The highest BCUT2D eigenvalue weighted by atomic mass is 35.5. The monoisotopic (exact) mass is 672 g/mol. The Labute approximate surface area is 254 Å². The molecule has 234 valence electrons. The second-order valence-corrected chi connectivity index (χ2v) is 13.7. The zero-order valence-electron chi connectivity index (χ0n) is 22.6. The lowest BCUT2D eigenvalue weighted by Crippen LogP contribution is -2.31. The van der Waals surface area contributed by atoms with Crippen LogP contribution >= 0.6 is 11.6 Å². The van der Waals surface area contributed by atoms with E-state index in [-0.39, 0.29) is 17.7 Å². The van der Waals surface area contributed by atoms with Crippen LogP contribution in [0.5, 0.6) is 0 Å². The van der Waals surface area contributed by atoms with E-state index in [9.17, 15) is 34.8 Å². The van der Waals surface area contributed by atoms with Gasteiger partial charge in [-0.15, -0.1) is 0 Å². The van der Waals surface area contributed by atoms with Crippen LogP contribution in [0.2, 0.25) is 5.02 Å². The number of alkyl halides is 3. The van der Waals surface area contributed by atoms with Gasteiger partial charge >= 0.3 is 12.1 Å². The molecule has 2 heterocycles. The van der Waals surface area contributed by atoms with Crippen molar-refractivity contribution in [3.8, 4) is 0 Å². The standard InChI is InChI=1S/C25H23ClN4O5S2.C2HF3O2/c1-15-11-16(9-10-19(15)23-14-24(31)30-37(23,34)35)12-22(25-27-20-7-2-3-8-21(20)28-25)29-36(32,33)18-6-4-5-17(26)13-18;3-2(4,5)1(6)7/h2-11,13,22-23,29H,12,14H2,1H3,(H,27,28)(H,30,31);(H,6,7)/t22-,23-;/m0./s1. The van der Waals surface area contributed by atoms with E-state index in [0.29, 0.717) is 27.5 Å². The number of sulfonamides is 2. The Bertz CT molecular complexity index is 1920. The molecule has 0 bridgehead atoms. The minimum Gasteiger partial charge on any atom is -0.475 e. The van der Waals surface area contributed by atoms with E-state index >= 15 is 0 Å². The summed E-state index contributed by atoms with van der Waals surface area (Å²) >= 11 is 6.02. The number of H-pyrrole nitrogens is 1. The Morgan fingerprint density at radius 3 is 2.39 bits per heavy atom. The van der Waals surface area contributed by atoms with Gasteiger partial charge in [-0.1, -0.05) is 48.0 Å². The summed E-state index contributed by atoms with van der Waals surface area (Å²) in [5.41, 5.74) is 3.43. The second kappa shape index (κ2) is 12.6. The molecule has 2 atom stereocenters. The number of hydrogen-bond acceptors (Lipinski definition) is 7. The van der Waals surface area contributed by atoms with E-state index in [1.807, 2.05) is 29.0 Å². The largest absolute Gasteiger partial charge is 0.490 e. The summed E-state index contributed by atoms with van der Waals surface area (Å²) < 4.78 is 87.7. The van der Waals surface area contributed by atoms with Crippen molar-refractivity contribution in [2.75, 3.05) is 0 Å². The maximum absolute atomic E-state index is 13.3. The number of rotatable bonds is 7. The number of hydrogen-bond donors (Lipinski definition) is 4. The highest BCUT2D eigenvalue weighted by molar-refractivity contribution is 7.90. The fourth-order valence-electron chi connectivity index (χ4n) is 4.51. The Hall–Kier alpha value is -3.99. The predicted octanol–water partition coefficient (Wildman–Crippen LogP) is 4.31. The first kappa shape index (κ1) is 32.9. The van der Waals surface area contributed by atoms with E-state index in [0.717, 1.165) is 11.1 Å². The van der Waals surface area contributed by atoms with Crippen molar-refractivity contribution < 1.29 is 44.7 Å². The predicted molar refractivity (Wildman–Crippen MR) is 154 cm³/mol. The summed E-state index contributed by atoms with van der Waals surface area (Å²) in [6, 6.07) is 17.8. The number of aromatic amines is 1.